The quantitative estimate of drug-likeness (QED) is 0.258. The number of carboxylic acid groups (broad SMARTS) is 2. The molecule has 0 spiro atoms. The first-order valence-electron chi connectivity index (χ1n) is 8.01. The molecule has 0 fully saturated rings. The summed E-state index contributed by atoms with van der Waals surface area (Å²) in [5, 5.41) is 27.9. The maximum atomic E-state index is 12.0. The van der Waals surface area contributed by atoms with Gasteiger partial charge in [0.1, 0.15) is 5.78 Å². The van der Waals surface area contributed by atoms with Crippen molar-refractivity contribution in [1.82, 2.24) is 0 Å². The van der Waals surface area contributed by atoms with E-state index in [4.69, 9.17) is 14.9 Å². The lowest BCUT2D eigenvalue weighted by Crippen LogP contribution is -2.54. The van der Waals surface area contributed by atoms with E-state index < -0.39 is 41.6 Å². The molecule has 0 aliphatic rings. The van der Waals surface area contributed by atoms with Gasteiger partial charge in [-0.3, -0.25) is 14.4 Å². The highest BCUT2D eigenvalue weighted by molar-refractivity contribution is 6.05. The third kappa shape index (κ3) is 7.08. The third-order valence-corrected chi connectivity index (χ3v) is 3.65. The Bertz CT molecular complexity index is 459. The molecule has 8 heteroatoms. The summed E-state index contributed by atoms with van der Waals surface area (Å²) in [5.74, 6) is -7.86. The van der Waals surface area contributed by atoms with Crippen LogP contribution >= 0.6 is 0 Å². The smallest absolute Gasteiger partial charge is 0.337 e. The van der Waals surface area contributed by atoms with Crippen molar-refractivity contribution in [3.05, 3.63) is 0 Å². The largest absolute Gasteiger partial charge is 0.481 e. The summed E-state index contributed by atoms with van der Waals surface area (Å²) in [6.45, 7) is 2.98. The zero-order valence-corrected chi connectivity index (χ0v) is 14.1. The molecule has 0 rings (SSSR count). The monoisotopic (exact) mass is 346 g/mol. The van der Waals surface area contributed by atoms with Gasteiger partial charge < -0.3 is 20.1 Å². The molecule has 24 heavy (non-hydrogen) atoms. The molecule has 138 valence electrons. The van der Waals surface area contributed by atoms with E-state index in [0.717, 1.165) is 39.0 Å². The van der Waals surface area contributed by atoms with Gasteiger partial charge in [0.25, 0.3) is 0 Å². The number of hydrogen-bond acceptors (Lipinski definition) is 6. The zero-order valence-electron chi connectivity index (χ0n) is 14.1. The molecule has 0 aromatic rings. The second kappa shape index (κ2) is 10.7. The van der Waals surface area contributed by atoms with Gasteiger partial charge in [-0.2, -0.15) is 0 Å². The molecule has 2 atom stereocenters. The number of Topliss-reactive ketones (excluding diaryl/α,β-unsaturated/α-hetero) is 1. The Hall–Kier alpha value is -1.96. The van der Waals surface area contributed by atoms with E-state index in [1.165, 1.54) is 0 Å². The van der Waals surface area contributed by atoms with E-state index in [2.05, 4.69) is 6.92 Å². The number of esters is 1. The van der Waals surface area contributed by atoms with Gasteiger partial charge >= 0.3 is 17.9 Å². The molecule has 8 nitrogen and oxygen atoms in total. The number of hydrogen-bond donors (Lipinski definition) is 3. The Morgan fingerprint density at radius 3 is 2.00 bits per heavy atom. The average molecular weight is 346 g/mol. The van der Waals surface area contributed by atoms with Crippen LogP contribution in [0, 0.1) is 5.92 Å². The van der Waals surface area contributed by atoms with Crippen LogP contribution in [0.5, 0.6) is 0 Å². The van der Waals surface area contributed by atoms with E-state index in [0.29, 0.717) is 6.42 Å². The van der Waals surface area contributed by atoms with Crippen molar-refractivity contribution in [3.63, 3.8) is 0 Å². The molecule has 0 amide bonds. The molecule has 0 radical (unpaired) electrons. The minimum absolute atomic E-state index is 0.0164. The number of aliphatic hydroxyl groups is 1. The second-order valence-corrected chi connectivity index (χ2v) is 5.78. The first kappa shape index (κ1) is 22.0. The van der Waals surface area contributed by atoms with Gasteiger partial charge in [-0.25, -0.2) is 4.79 Å². The van der Waals surface area contributed by atoms with Crippen molar-refractivity contribution < 1.29 is 39.2 Å². The minimum Gasteiger partial charge on any atom is -0.481 e. The Morgan fingerprint density at radius 2 is 1.54 bits per heavy atom. The van der Waals surface area contributed by atoms with Gasteiger partial charge in [0.15, 0.2) is 11.5 Å². The van der Waals surface area contributed by atoms with Crippen molar-refractivity contribution >= 4 is 23.7 Å². The van der Waals surface area contributed by atoms with Crippen molar-refractivity contribution in [3.8, 4) is 0 Å². The molecule has 2 unspecified atom stereocenters. The highest BCUT2D eigenvalue weighted by atomic mass is 16.5. The van der Waals surface area contributed by atoms with Crippen LogP contribution in [0.4, 0.5) is 0 Å². The number of aliphatic carboxylic acids is 2. The predicted molar refractivity (Wildman–Crippen MR) is 83.3 cm³/mol. The highest BCUT2D eigenvalue weighted by Crippen LogP contribution is 2.25. The summed E-state index contributed by atoms with van der Waals surface area (Å²) in [6.07, 6.45) is 4.34. The Kier molecular flexibility index (Phi) is 9.87. The fraction of sp³-hybridized carbons (Fsp3) is 0.750. The van der Waals surface area contributed by atoms with E-state index in [1.807, 2.05) is 0 Å². The maximum absolute atomic E-state index is 12.0. The standard InChI is InChI=1S/C16H26O8/c1-3-4-5-6-7-8-9-24-14(20)13(11(2)17)16(23,15(21)22)10-12(18)19/h13,23H,3-10H2,1-2H3,(H,18,19)(H,21,22). The van der Waals surface area contributed by atoms with E-state index in [1.54, 1.807) is 0 Å². The summed E-state index contributed by atoms with van der Waals surface area (Å²) in [7, 11) is 0. The molecule has 0 aromatic carbocycles. The van der Waals surface area contributed by atoms with Gasteiger partial charge in [-0.15, -0.1) is 0 Å². The van der Waals surface area contributed by atoms with Gasteiger partial charge in [-0.05, 0) is 13.3 Å². The van der Waals surface area contributed by atoms with Crippen LogP contribution < -0.4 is 0 Å². The summed E-state index contributed by atoms with van der Waals surface area (Å²) < 4.78 is 4.87. The average Bonchev–Trinajstić information content (AvgIpc) is 2.44. The lowest BCUT2D eigenvalue weighted by atomic mass is 9.82. The number of rotatable bonds is 13. The van der Waals surface area contributed by atoms with E-state index in [9.17, 15) is 24.3 Å². The van der Waals surface area contributed by atoms with Crippen LogP contribution in [0.25, 0.3) is 0 Å². The van der Waals surface area contributed by atoms with Gasteiger partial charge in [-0.1, -0.05) is 39.0 Å². The Labute approximate surface area is 140 Å². The minimum atomic E-state index is -3.03. The zero-order chi connectivity index (χ0) is 18.8. The second-order valence-electron chi connectivity index (χ2n) is 5.78. The SMILES string of the molecule is CCCCCCCCOC(=O)C(C(C)=O)C(O)(CC(=O)O)C(=O)O. The van der Waals surface area contributed by atoms with E-state index >= 15 is 0 Å². The maximum Gasteiger partial charge on any atom is 0.337 e. The van der Waals surface area contributed by atoms with Crippen LogP contribution in [-0.2, 0) is 23.9 Å². The van der Waals surface area contributed by atoms with Crippen molar-refractivity contribution in [2.75, 3.05) is 6.61 Å². The fourth-order valence-corrected chi connectivity index (χ4v) is 2.37. The molecule has 3 N–H and O–H groups in total. The lowest BCUT2D eigenvalue weighted by molar-refractivity contribution is -0.182. The number of carbonyl (C=O) groups is 4. The van der Waals surface area contributed by atoms with Crippen molar-refractivity contribution in [1.29, 1.82) is 0 Å². The summed E-state index contributed by atoms with van der Waals surface area (Å²) in [5.41, 5.74) is -3.03. The molecule has 0 bridgehead atoms. The van der Waals surface area contributed by atoms with Gasteiger partial charge in [0.05, 0.1) is 13.0 Å². The first-order chi connectivity index (χ1) is 11.2. The van der Waals surface area contributed by atoms with Gasteiger partial charge in [0.2, 0.25) is 0 Å². The van der Waals surface area contributed by atoms with Crippen LogP contribution in [0.2, 0.25) is 0 Å². The third-order valence-electron chi connectivity index (χ3n) is 3.65. The Balaban J connectivity index is 4.74. The topological polar surface area (TPSA) is 138 Å². The predicted octanol–water partition coefficient (Wildman–Crippen LogP) is 1.39. The van der Waals surface area contributed by atoms with Crippen LogP contribution in [0.15, 0.2) is 0 Å². The molecular formula is C16H26O8. The first-order valence-corrected chi connectivity index (χ1v) is 8.01. The normalized spacial score (nSPS) is 14.5. The number of ether oxygens (including phenoxy) is 1. The Morgan fingerprint density at radius 1 is 1.00 bits per heavy atom. The molecule has 0 aliphatic heterocycles. The van der Waals surface area contributed by atoms with E-state index in [-0.39, 0.29) is 6.61 Å². The van der Waals surface area contributed by atoms with Crippen molar-refractivity contribution in [2.24, 2.45) is 5.92 Å². The summed E-state index contributed by atoms with van der Waals surface area (Å²) in [4.78, 5) is 45.6. The number of carbonyl (C=O) groups excluding carboxylic acids is 2. The summed E-state index contributed by atoms with van der Waals surface area (Å²) in [6, 6.07) is 0. The highest BCUT2D eigenvalue weighted by Gasteiger charge is 2.53. The molecule has 0 heterocycles. The van der Waals surface area contributed by atoms with Gasteiger partial charge in [0, 0.05) is 0 Å². The molecule has 0 aromatic heterocycles. The van der Waals surface area contributed by atoms with Crippen LogP contribution in [-0.4, -0.2) is 51.2 Å². The van der Waals surface area contributed by atoms with Crippen molar-refractivity contribution in [2.45, 2.75) is 64.4 Å². The number of unbranched alkanes of at least 4 members (excludes halogenated alkanes) is 5. The molecule has 0 saturated heterocycles. The number of carboxylic acids is 2. The molecule has 0 aliphatic carbocycles. The van der Waals surface area contributed by atoms with Crippen LogP contribution in [0.1, 0.15) is 58.8 Å². The lowest BCUT2D eigenvalue weighted by Gasteiger charge is -2.27. The molecule has 0 saturated carbocycles. The van der Waals surface area contributed by atoms with Crippen LogP contribution in [0.3, 0.4) is 0 Å². The number of ketones is 1. The fourth-order valence-electron chi connectivity index (χ4n) is 2.37. The summed E-state index contributed by atoms with van der Waals surface area (Å²) >= 11 is 0. The molecular weight excluding hydrogens is 320 g/mol.